The highest BCUT2D eigenvalue weighted by Crippen LogP contribution is 2.50. The number of hydrogen-bond donors (Lipinski definition) is 1. The third-order valence-corrected chi connectivity index (χ3v) is 3.08. The number of aliphatic carboxylic acids is 1. The highest BCUT2D eigenvalue weighted by molar-refractivity contribution is 5.96. The van der Waals surface area contributed by atoms with E-state index in [4.69, 9.17) is 5.11 Å². The predicted octanol–water partition coefficient (Wildman–Crippen LogP) is 3.80. The van der Waals surface area contributed by atoms with Gasteiger partial charge in [0.2, 0.25) is 5.60 Å². The fraction of sp³-hybridized carbons (Fsp3) is 0.308. The number of rotatable bonds is 2. The molecule has 0 radical (unpaired) electrons. The maximum Gasteiger partial charge on any atom is 0.433 e. The molecule has 1 aliphatic heterocycles. The number of ether oxygens (including phenoxy) is 1. The molecule has 0 aliphatic carbocycles. The van der Waals surface area contributed by atoms with E-state index in [1.54, 1.807) is 0 Å². The van der Waals surface area contributed by atoms with Crippen molar-refractivity contribution in [1.82, 2.24) is 0 Å². The van der Waals surface area contributed by atoms with E-state index in [0.717, 1.165) is 6.07 Å². The van der Waals surface area contributed by atoms with Gasteiger partial charge in [-0.05, 0) is 12.1 Å². The molecule has 1 N–H and O–H groups in total. The number of halogens is 6. The largest absolute Gasteiger partial charge is 0.478 e. The van der Waals surface area contributed by atoms with Crippen molar-refractivity contribution in [2.24, 2.45) is 0 Å². The molecule has 0 bridgehead atoms. The zero-order valence-electron chi connectivity index (χ0n) is 10.6. The van der Waals surface area contributed by atoms with Crippen LogP contribution in [0.1, 0.15) is 12.0 Å². The number of hydrogen-bond acceptors (Lipinski definition) is 2. The maximum absolute atomic E-state index is 13.3. The molecular weight excluding hydrogens is 318 g/mol. The molecule has 22 heavy (non-hydrogen) atoms. The lowest BCUT2D eigenvalue weighted by Crippen LogP contribution is -2.57. The molecule has 1 unspecified atom stereocenters. The van der Waals surface area contributed by atoms with Gasteiger partial charge >= 0.3 is 18.3 Å². The third kappa shape index (κ3) is 2.75. The first-order chi connectivity index (χ1) is 9.96. The minimum Gasteiger partial charge on any atom is -0.478 e. The van der Waals surface area contributed by atoms with Crippen LogP contribution in [-0.4, -0.2) is 29.0 Å². The summed E-state index contributed by atoms with van der Waals surface area (Å²) in [5.41, 5.74) is -5.52. The summed E-state index contributed by atoms with van der Waals surface area (Å²) in [6.45, 7) is 0. The van der Waals surface area contributed by atoms with Gasteiger partial charge < -0.3 is 9.84 Å². The first-order valence-electron chi connectivity index (χ1n) is 5.83. The van der Waals surface area contributed by atoms with Crippen molar-refractivity contribution in [2.75, 3.05) is 0 Å². The highest BCUT2D eigenvalue weighted by Gasteiger charge is 2.66. The molecule has 0 amide bonds. The zero-order valence-corrected chi connectivity index (χ0v) is 10.6. The van der Waals surface area contributed by atoms with Crippen molar-refractivity contribution in [3.05, 3.63) is 35.4 Å². The normalized spacial score (nSPS) is 21.6. The number of alkyl halides is 6. The van der Waals surface area contributed by atoms with Crippen LogP contribution in [0.5, 0.6) is 5.75 Å². The number of carboxylic acids is 1. The van der Waals surface area contributed by atoms with Crippen molar-refractivity contribution < 1.29 is 41.0 Å². The van der Waals surface area contributed by atoms with Gasteiger partial charge in [0.25, 0.3) is 0 Å². The lowest BCUT2D eigenvalue weighted by molar-refractivity contribution is -0.270. The molecule has 0 fully saturated rings. The number of benzene rings is 1. The SMILES string of the molecule is O=C(O)C1=Cc2ccccc2OC1(CC(F)(F)F)C(F)(F)F. The van der Waals surface area contributed by atoms with Crippen LogP contribution in [0.25, 0.3) is 6.08 Å². The first-order valence-corrected chi connectivity index (χ1v) is 5.83. The fourth-order valence-corrected chi connectivity index (χ4v) is 2.17. The van der Waals surface area contributed by atoms with Crippen molar-refractivity contribution in [3.8, 4) is 5.75 Å². The number of carboxylic acid groups (broad SMARTS) is 1. The van der Waals surface area contributed by atoms with E-state index < -0.39 is 41.7 Å². The molecular formula is C13H8F6O3. The molecule has 120 valence electrons. The van der Waals surface area contributed by atoms with Crippen LogP contribution in [0.3, 0.4) is 0 Å². The van der Waals surface area contributed by atoms with E-state index in [-0.39, 0.29) is 5.56 Å². The summed E-state index contributed by atoms with van der Waals surface area (Å²) in [5, 5.41) is 8.94. The van der Waals surface area contributed by atoms with Crippen LogP contribution in [0.2, 0.25) is 0 Å². The van der Waals surface area contributed by atoms with Crippen LogP contribution in [0.4, 0.5) is 26.3 Å². The fourth-order valence-electron chi connectivity index (χ4n) is 2.17. The second-order valence-corrected chi connectivity index (χ2v) is 4.62. The van der Waals surface area contributed by atoms with E-state index in [1.807, 2.05) is 0 Å². The quantitative estimate of drug-likeness (QED) is 0.841. The molecule has 0 saturated heterocycles. The Morgan fingerprint density at radius 1 is 1.14 bits per heavy atom. The average Bonchev–Trinajstić information content (AvgIpc) is 2.34. The first kappa shape index (κ1) is 16.2. The van der Waals surface area contributed by atoms with Crippen LogP contribution in [-0.2, 0) is 4.79 Å². The summed E-state index contributed by atoms with van der Waals surface area (Å²) in [7, 11) is 0. The minimum absolute atomic E-state index is 0.0399. The van der Waals surface area contributed by atoms with Gasteiger partial charge in [0.1, 0.15) is 5.75 Å². The second-order valence-electron chi connectivity index (χ2n) is 4.62. The van der Waals surface area contributed by atoms with Crippen LogP contribution < -0.4 is 4.74 Å². The highest BCUT2D eigenvalue weighted by atomic mass is 19.4. The molecule has 2 rings (SSSR count). The van der Waals surface area contributed by atoms with Gasteiger partial charge in [-0.2, -0.15) is 26.3 Å². The zero-order chi connectivity index (χ0) is 16.8. The summed E-state index contributed by atoms with van der Waals surface area (Å²) in [5.74, 6) is -2.59. The lowest BCUT2D eigenvalue weighted by Gasteiger charge is -2.39. The van der Waals surface area contributed by atoms with Crippen molar-refractivity contribution in [1.29, 1.82) is 0 Å². The van der Waals surface area contributed by atoms with Gasteiger partial charge in [0.05, 0.1) is 12.0 Å². The number of para-hydroxylation sites is 1. The van der Waals surface area contributed by atoms with Crippen molar-refractivity contribution >= 4 is 12.0 Å². The molecule has 9 heteroatoms. The smallest absolute Gasteiger partial charge is 0.433 e. The van der Waals surface area contributed by atoms with Crippen molar-refractivity contribution in [3.63, 3.8) is 0 Å². The standard InChI is InChI=1S/C13H8F6O3/c14-12(15,16)6-11(13(17,18)19)8(10(20)21)5-7-3-1-2-4-9(7)22-11/h1-5H,6H2,(H,20,21). The van der Waals surface area contributed by atoms with Gasteiger partial charge in [-0.25, -0.2) is 4.79 Å². The molecule has 1 aromatic carbocycles. The molecule has 1 aromatic rings. The summed E-state index contributed by atoms with van der Waals surface area (Å²) >= 11 is 0. The molecule has 3 nitrogen and oxygen atoms in total. The molecule has 1 aliphatic rings. The van der Waals surface area contributed by atoms with Crippen molar-refractivity contribution in [2.45, 2.75) is 24.4 Å². The van der Waals surface area contributed by atoms with Gasteiger partial charge in [-0.1, -0.05) is 18.2 Å². The second kappa shape index (κ2) is 4.92. The number of carbonyl (C=O) groups is 1. The summed E-state index contributed by atoms with van der Waals surface area (Å²) in [6.07, 6.45) is -12.8. The van der Waals surface area contributed by atoms with E-state index in [0.29, 0.717) is 6.08 Å². The Morgan fingerprint density at radius 3 is 2.23 bits per heavy atom. The van der Waals surface area contributed by atoms with Crippen LogP contribution in [0, 0.1) is 0 Å². The summed E-state index contributed by atoms with van der Waals surface area (Å²) in [4.78, 5) is 11.1. The van der Waals surface area contributed by atoms with Crippen LogP contribution in [0.15, 0.2) is 29.8 Å². The van der Waals surface area contributed by atoms with E-state index in [2.05, 4.69) is 4.74 Å². The van der Waals surface area contributed by atoms with E-state index >= 15 is 0 Å². The van der Waals surface area contributed by atoms with Gasteiger partial charge in [0.15, 0.2) is 0 Å². The third-order valence-electron chi connectivity index (χ3n) is 3.08. The Balaban J connectivity index is 2.69. The average molecular weight is 326 g/mol. The Kier molecular flexibility index (Phi) is 3.62. The van der Waals surface area contributed by atoms with E-state index in [9.17, 15) is 31.1 Å². The molecule has 0 saturated carbocycles. The summed E-state index contributed by atoms with van der Waals surface area (Å²) in [6, 6.07) is 4.95. The topological polar surface area (TPSA) is 46.5 Å². The maximum atomic E-state index is 13.3. The molecule has 1 atom stereocenters. The minimum atomic E-state index is -5.57. The summed E-state index contributed by atoms with van der Waals surface area (Å²) < 4.78 is 82.3. The monoisotopic (exact) mass is 326 g/mol. The molecule has 0 aromatic heterocycles. The van der Waals surface area contributed by atoms with Gasteiger partial charge in [0, 0.05) is 5.56 Å². The Hall–Kier alpha value is -2.19. The van der Waals surface area contributed by atoms with Gasteiger partial charge in [-0.15, -0.1) is 0 Å². The predicted molar refractivity (Wildman–Crippen MR) is 62.1 cm³/mol. The van der Waals surface area contributed by atoms with Crippen LogP contribution >= 0.6 is 0 Å². The van der Waals surface area contributed by atoms with Gasteiger partial charge in [-0.3, -0.25) is 0 Å². The molecule has 1 heterocycles. The van der Waals surface area contributed by atoms with E-state index in [1.165, 1.54) is 18.2 Å². The Bertz CT molecular complexity index is 631. The molecule has 0 spiro atoms. The number of fused-ring (bicyclic) bond motifs is 1. The lowest BCUT2D eigenvalue weighted by atomic mass is 9.85. The Labute approximate surface area is 119 Å². The Morgan fingerprint density at radius 2 is 1.73 bits per heavy atom.